The molecule has 6 atom stereocenters. The van der Waals surface area contributed by atoms with Crippen molar-refractivity contribution in [2.24, 2.45) is 0 Å². The predicted molar refractivity (Wildman–Crippen MR) is 200 cm³/mol. The summed E-state index contributed by atoms with van der Waals surface area (Å²) >= 11 is 0. The number of ether oxygens (including phenoxy) is 6. The van der Waals surface area contributed by atoms with E-state index in [-0.39, 0.29) is 42.8 Å². The molecule has 0 aromatic rings. The van der Waals surface area contributed by atoms with Crippen molar-refractivity contribution in [3.8, 4) is 0 Å². The van der Waals surface area contributed by atoms with Crippen molar-refractivity contribution in [3.05, 3.63) is 48.2 Å². The Hall–Kier alpha value is -3.60. The van der Waals surface area contributed by atoms with Gasteiger partial charge in [-0.15, -0.1) is 0 Å². The maximum Gasteiger partial charge on any atom is 0 e. The van der Waals surface area contributed by atoms with Crippen molar-refractivity contribution in [3.63, 3.8) is 0 Å². The van der Waals surface area contributed by atoms with E-state index in [4.69, 9.17) is 4.70 Å². The van der Waals surface area contributed by atoms with Gasteiger partial charge in [0, 0.05) is 60.1 Å². The molecule has 56 heteroatoms. The number of alkyl halides is 32. The maximum atomic E-state index is 13.7. The Labute approximate surface area is 479 Å². The normalized spacial score (nSPS) is 19.6. The van der Waals surface area contributed by atoms with E-state index in [2.05, 4.69) is 18.9 Å². The molecular weight excluding hydrogens is 1490 g/mol. The topological polar surface area (TPSA) is 72.5 Å². The minimum Gasteiger partial charge on any atom is -0.153 e. The first-order valence-corrected chi connectivity index (χ1v) is 19.7. The van der Waals surface area contributed by atoms with Gasteiger partial charge in [-0.1, -0.05) is 7.43 Å². The van der Waals surface area contributed by atoms with E-state index >= 15 is 0 Å². The summed E-state index contributed by atoms with van der Waals surface area (Å²) in [4.78, 5) is 0. The molecule has 0 saturated carbocycles. The van der Waals surface area contributed by atoms with E-state index in [0.717, 1.165) is 0 Å². The van der Waals surface area contributed by atoms with Crippen molar-refractivity contribution in [1.29, 1.82) is 0 Å². The molecule has 533 valence electrons. The van der Waals surface area contributed by atoms with Crippen LogP contribution in [0.1, 0.15) is 49.0 Å². The van der Waals surface area contributed by atoms with Crippen LogP contribution in [-0.2, 0) is 51.7 Å². The first-order chi connectivity index (χ1) is 36.9. The summed E-state index contributed by atoms with van der Waals surface area (Å²) in [6, 6.07) is -10.7. The Morgan fingerprint density at radius 1 is 0.416 bits per heavy atom. The van der Waals surface area contributed by atoms with Gasteiger partial charge in [-0.25, -0.2) is 52.7 Å². The van der Waals surface area contributed by atoms with E-state index in [1.807, 2.05) is 9.47 Å². The van der Waals surface area contributed by atoms with Gasteiger partial charge in [0.1, 0.15) is 0 Å². The second kappa shape index (κ2) is 31.6. The molecule has 0 bridgehead atoms. The van der Waals surface area contributed by atoms with E-state index in [1.165, 1.54) is 0 Å². The quantitative estimate of drug-likeness (QED) is 0.0491. The van der Waals surface area contributed by atoms with Crippen LogP contribution in [0.25, 0.3) is 0 Å². The van der Waals surface area contributed by atoms with Crippen LogP contribution in [0.4, 0.5) is 197 Å². The SMILES string of the molecule is C.CC(F)(F)C(C)(F)OC(F)(F)C(F)(F)C(F)(F)OC(C)(F)C(C)(F)F.CC(F)(F)C1(F)OC(F)(F)C(F)(F)C1(F)C(C)(F)F.FC(F)=C(F)OC(F)(F)C(F)(F)C(F)(F)OC(F)=C(F)F.FC(F)=C(F)OC(F)(F)C(F)(F)C(F)=C(F)F.O=BPF.P.[V]. The van der Waals surface area contributed by atoms with Gasteiger partial charge in [-0.05, 0) is 0 Å². The molecule has 1 heterocycles. The third-order valence-electron chi connectivity index (χ3n) is 8.30. The van der Waals surface area contributed by atoms with E-state index in [1.54, 1.807) is 0 Å². The molecular formula is C33H26BF45O7P2V. The van der Waals surface area contributed by atoms with Gasteiger partial charge in [0.05, 0.1) is 0 Å². The summed E-state index contributed by atoms with van der Waals surface area (Å²) in [7, 11) is -1.04. The fourth-order valence-corrected chi connectivity index (χ4v) is 3.68. The predicted octanol–water partition coefficient (Wildman–Crippen LogP) is 19.9. The number of halogens is 45. The standard InChI is InChI=1S/C11H12F12O2.C8H6F10O.C7F12O2.C6F10O.CH4.BFHOP.H3P.V/c1-5(12,13)7(3,16)24-10(20,21)9(18,19)11(22,23)25-8(4,17)6(2,14)15;1-3(9,10)5(13)6(14,15)8(17,18)19-7(5,16)4(2,11)12;8-1(9)3(12)20-6(16,17)5(14,15)7(18,19)21-4(13)2(10)11;7-1(2(8)9)5(13,14)6(15,16)17-4(12)3(10)11;;2-4-1-3;;/h1-4H3;1-2H3;;;1H4;4H;1H3;. The molecule has 0 spiro atoms. The van der Waals surface area contributed by atoms with Gasteiger partial charge in [0.25, 0.3) is 17.6 Å². The fourth-order valence-electron chi connectivity index (χ4n) is 3.68. The molecule has 1 radical (unpaired) electrons. The zero-order valence-corrected chi connectivity index (χ0v) is 44.9. The van der Waals surface area contributed by atoms with Crippen LogP contribution in [-0.4, -0.2) is 114 Å². The molecule has 1 rings (SSSR count). The Bertz CT molecular complexity index is 2300. The summed E-state index contributed by atoms with van der Waals surface area (Å²) in [6.45, 7) is -2.88. The second-order valence-corrected chi connectivity index (χ2v) is 15.5. The Morgan fingerprint density at radius 2 is 0.652 bits per heavy atom. The van der Waals surface area contributed by atoms with Crippen LogP contribution in [0.15, 0.2) is 48.2 Å². The molecule has 1 aliphatic rings. The maximum absolute atomic E-state index is 13.7. The van der Waals surface area contributed by atoms with E-state index < -0.39 is 206 Å². The van der Waals surface area contributed by atoms with Crippen LogP contribution in [0.2, 0.25) is 0 Å². The van der Waals surface area contributed by atoms with Gasteiger partial charge in [-0.3, -0.25) is 14.2 Å². The molecule has 0 N–H and O–H groups in total. The minimum atomic E-state index is -7.02. The summed E-state index contributed by atoms with van der Waals surface area (Å²) in [5, 5.41) is 0. The molecule has 89 heavy (non-hydrogen) atoms. The monoisotopic (exact) mass is 1510 g/mol. The zero-order valence-electron chi connectivity index (χ0n) is 41.1. The minimum absolute atomic E-state index is 0. The van der Waals surface area contributed by atoms with Crippen LogP contribution in [0, 0.1) is 0 Å². The Kier molecular flexibility index (Phi) is 35.1. The number of hydrogen-bond donors (Lipinski definition) is 0. The third-order valence-corrected chi connectivity index (χ3v) is 8.39. The van der Waals surface area contributed by atoms with Crippen LogP contribution in [0.5, 0.6) is 0 Å². The van der Waals surface area contributed by atoms with Gasteiger partial charge in [0.2, 0.25) is 5.83 Å². The van der Waals surface area contributed by atoms with Crippen molar-refractivity contribution in [2.45, 2.75) is 156 Å². The van der Waals surface area contributed by atoms with Crippen molar-refractivity contribution in [2.75, 3.05) is 0 Å². The van der Waals surface area contributed by atoms with Crippen LogP contribution >= 0.6 is 18.7 Å². The average molecular weight is 1510 g/mol. The van der Waals surface area contributed by atoms with Gasteiger partial charge >= 0.3 is 157 Å². The van der Waals surface area contributed by atoms with Crippen molar-refractivity contribution < 1.29 is 249 Å². The van der Waals surface area contributed by atoms with E-state index in [0.29, 0.717) is 0 Å². The second-order valence-electron chi connectivity index (χ2n) is 15.1. The average Bonchev–Trinajstić information content (AvgIpc) is 3.37. The molecule has 1 aliphatic heterocycles. The smallest absolute Gasteiger partial charge is 0 e. The zero-order chi connectivity index (χ0) is 71.3. The first kappa shape index (κ1) is 99.0. The summed E-state index contributed by atoms with van der Waals surface area (Å²) in [5.74, 6) is -67.1. The molecule has 1 fully saturated rings. The van der Waals surface area contributed by atoms with Crippen molar-refractivity contribution >= 4 is 25.5 Å². The molecule has 0 amide bonds. The molecule has 0 aromatic carbocycles. The van der Waals surface area contributed by atoms with Crippen LogP contribution < -0.4 is 0 Å². The Morgan fingerprint density at radius 3 is 0.831 bits per heavy atom. The van der Waals surface area contributed by atoms with Gasteiger partial charge in [0.15, 0.2) is 0 Å². The summed E-state index contributed by atoms with van der Waals surface area (Å²) < 4.78 is 581. The number of hydrogen-bond acceptors (Lipinski definition) is 7. The first-order valence-electron chi connectivity index (χ1n) is 18.7. The fraction of sp³-hybridized carbons (Fsp3) is 0.758. The molecule has 0 aromatic heterocycles. The number of rotatable bonds is 21. The Balaban J connectivity index is -0.000000196. The summed E-state index contributed by atoms with van der Waals surface area (Å²) in [6.07, 6.45) is -54.0. The molecule has 7 nitrogen and oxygen atoms in total. The largest absolute Gasteiger partial charge is 0.153 e. The molecule has 1 saturated heterocycles. The van der Waals surface area contributed by atoms with Gasteiger partial charge in [-0.2, -0.15) is 150 Å². The molecule has 0 aliphatic carbocycles. The van der Waals surface area contributed by atoms with E-state index in [9.17, 15) is 197 Å². The van der Waals surface area contributed by atoms with Crippen molar-refractivity contribution in [1.82, 2.24) is 0 Å². The third kappa shape index (κ3) is 22.3. The van der Waals surface area contributed by atoms with Crippen LogP contribution in [0.3, 0.4) is 0 Å². The van der Waals surface area contributed by atoms with Gasteiger partial charge < -0.3 is 14.2 Å². The summed E-state index contributed by atoms with van der Waals surface area (Å²) in [5.41, 5.74) is -6.26. The molecule has 6 unspecified atom stereocenters.